The van der Waals surface area contributed by atoms with Crippen LogP contribution >= 0.6 is 15.9 Å². The molecule has 2 unspecified atom stereocenters. The second kappa shape index (κ2) is 6.48. The summed E-state index contributed by atoms with van der Waals surface area (Å²) >= 11 is 3.44. The summed E-state index contributed by atoms with van der Waals surface area (Å²) in [5, 5.41) is 0. The fourth-order valence-electron chi connectivity index (χ4n) is 2.89. The number of hydrogen-bond donors (Lipinski definition) is 1. The van der Waals surface area contributed by atoms with Crippen molar-refractivity contribution in [2.24, 2.45) is 17.6 Å². The van der Waals surface area contributed by atoms with Crippen LogP contribution in [0.3, 0.4) is 0 Å². The number of ketones is 1. The van der Waals surface area contributed by atoms with Gasteiger partial charge < -0.3 is 5.73 Å². The molecule has 1 aromatic carbocycles. The Morgan fingerprint density at radius 2 is 2.11 bits per heavy atom. The van der Waals surface area contributed by atoms with E-state index in [0.29, 0.717) is 24.7 Å². The fourth-order valence-corrected chi connectivity index (χ4v) is 3.34. The summed E-state index contributed by atoms with van der Waals surface area (Å²) in [4.78, 5) is 12.4. The summed E-state index contributed by atoms with van der Waals surface area (Å²) in [6.07, 6.45) is 5.08. The number of nitrogens with two attached hydrogens (primary N) is 1. The SMILES string of the molecule is NCC1CCCCC1C(=O)Cc1cccc(Br)c1. The van der Waals surface area contributed by atoms with Crippen molar-refractivity contribution in [2.75, 3.05) is 6.54 Å². The molecule has 2 nitrogen and oxygen atoms in total. The Hall–Kier alpha value is -0.670. The second-order valence-corrected chi connectivity index (χ2v) is 6.08. The van der Waals surface area contributed by atoms with Crippen LogP contribution in [0.5, 0.6) is 0 Å². The summed E-state index contributed by atoms with van der Waals surface area (Å²) < 4.78 is 1.03. The number of Topliss-reactive ketones (excluding diaryl/α,β-unsaturated/α-hetero) is 1. The molecule has 18 heavy (non-hydrogen) atoms. The van der Waals surface area contributed by atoms with E-state index in [9.17, 15) is 4.79 Å². The average molecular weight is 310 g/mol. The van der Waals surface area contributed by atoms with E-state index in [1.165, 1.54) is 12.8 Å². The Bertz CT molecular complexity index is 419. The summed E-state index contributed by atoms with van der Waals surface area (Å²) in [6, 6.07) is 8.01. The lowest BCUT2D eigenvalue weighted by molar-refractivity contribution is -0.124. The zero-order valence-corrected chi connectivity index (χ0v) is 12.2. The highest BCUT2D eigenvalue weighted by atomic mass is 79.9. The molecule has 2 atom stereocenters. The maximum Gasteiger partial charge on any atom is 0.140 e. The number of hydrogen-bond acceptors (Lipinski definition) is 2. The molecule has 0 aromatic heterocycles. The highest BCUT2D eigenvalue weighted by Gasteiger charge is 2.29. The van der Waals surface area contributed by atoms with Gasteiger partial charge in [-0.3, -0.25) is 4.79 Å². The van der Waals surface area contributed by atoms with Crippen molar-refractivity contribution in [1.82, 2.24) is 0 Å². The normalized spacial score (nSPS) is 23.9. The molecule has 0 aliphatic heterocycles. The lowest BCUT2D eigenvalue weighted by Gasteiger charge is -2.29. The van der Waals surface area contributed by atoms with Crippen molar-refractivity contribution >= 4 is 21.7 Å². The Morgan fingerprint density at radius 3 is 2.83 bits per heavy atom. The molecule has 1 aliphatic rings. The Labute approximate surface area is 117 Å². The first-order chi connectivity index (χ1) is 8.70. The maximum absolute atomic E-state index is 12.4. The Morgan fingerprint density at radius 1 is 1.33 bits per heavy atom. The van der Waals surface area contributed by atoms with Gasteiger partial charge in [-0.1, -0.05) is 40.9 Å². The van der Waals surface area contributed by atoms with Gasteiger partial charge in [-0.15, -0.1) is 0 Å². The number of carbonyl (C=O) groups excluding carboxylic acids is 1. The smallest absolute Gasteiger partial charge is 0.140 e. The quantitative estimate of drug-likeness (QED) is 0.927. The summed E-state index contributed by atoms with van der Waals surface area (Å²) in [7, 11) is 0. The molecule has 0 saturated heterocycles. The lowest BCUT2D eigenvalue weighted by atomic mass is 9.76. The zero-order valence-electron chi connectivity index (χ0n) is 10.6. The van der Waals surface area contributed by atoms with Crippen LogP contribution in [0.2, 0.25) is 0 Å². The molecule has 2 N–H and O–H groups in total. The van der Waals surface area contributed by atoms with Crippen LogP contribution in [0.15, 0.2) is 28.7 Å². The molecule has 1 aliphatic carbocycles. The number of halogens is 1. The van der Waals surface area contributed by atoms with E-state index >= 15 is 0 Å². The maximum atomic E-state index is 12.4. The third kappa shape index (κ3) is 3.42. The molecule has 1 fully saturated rings. The molecular formula is C15H20BrNO. The first kappa shape index (κ1) is 13.8. The Balaban J connectivity index is 2.02. The molecule has 0 spiro atoms. The molecular weight excluding hydrogens is 290 g/mol. The average Bonchev–Trinajstić information content (AvgIpc) is 2.38. The predicted molar refractivity (Wildman–Crippen MR) is 77.4 cm³/mol. The van der Waals surface area contributed by atoms with Crippen molar-refractivity contribution in [3.63, 3.8) is 0 Å². The molecule has 0 heterocycles. The van der Waals surface area contributed by atoms with Crippen LogP contribution < -0.4 is 5.73 Å². The molecule has 2 rings (SSSR count). The Kier molecular flexibility index (Phi) is 4.95. The van der Waals surface area contributed by atoms with Crippen molar-refractivity contribution in [3.05, 3.63) is 34.3 Å². The minimum Gasteiger partial charge on any atom is -0.330 e. The number of rotatable bonds is 4. The zero-order chi connectivity index (χ0) is 13.0. The standard InChI is InChI=1S/C15H20BrNO/c16-13-6-3-4-11(8-13)9-15(18)14-7-2-1-5-12(14)10-17/h3-4,6,8,12,14H,1-2,5,7,9-10,17H2. The molecule has 0 amide bonds. The molecule has 3 heteroatoms. The second-order valence-electron chi connectivity index (χ2n) is 5.16. The van der Waals surface area contributed by atoms with Crippen LogP contribution in [0.25, 0.3) is 0 Å². The van der Waals surface area contributed by atoms with Crippen LogP contribution in [-0.2, 0) is 11.2 Å². The summed E-state index contributed by atoms with van der Waals surface area (Å²) in [5.74, 6) is 0.949. The van der Waals surface area contributed by atoms with Gasteiger partial charge in [0.1, 0.15) is 5.78 Å². The van der Waals surface area contributed by atoms with E-state index in [2.05, 4.69) is 15.9 Å². The first-order valence-corrected chi connectivity index (χ1v) is 7.47. The first-order valence-electron chi connectivity index (χ1n) is 6.68. The van der Waals surface area contributed by atoms with Gasteiger partial charge in [-0.05, 0) is 43.0 Å². The fraction of sp³-hybridized carbons (Fsp3) is 0.533. The van der Waals surface area contributed by atoms with Gasteiger partial charge in [0, 0.05) is 16.8 Å². The molecule has 0 bridgehead atoms. The van der Waals surface area contributed by atoms with Gasteiger partial charge in [0.25, 0.3) is 0 Å². The third-order valence-corrected chi connectivity index (χ3v) is 4.39. The van der Waals surface area contributed by atoms with Gasteiger partial charge in [-0.2, -0.15) is 0 Å². The van der Waals surface area contributed by atoms with E-state index in [1.54, 1.807) is 0 Å². The number of carbonyl (C=O) groups is 1. The number of benzene rings is 1. The molecule has 1 aromatic rings. The predicted octanol–water partition coefficient (Wildman–Crippen LogP) is 3.33. The van der Waals surface area contributed by atoms with Crippen molar-refractivity contribution in [3.8, 4) is 0 Å². The lowest BCUT2D eigenvalue weighted by Crippen LogP contribution is -2.33. The van der Waals surface area contributed by atoms with Gasteiger partial charge in [0.05, 0.1) is 0 Å². The molecule has 1 saturated carbocycles. The molecule has 0 radical (unpaired) electrons. The highest BCUT2D eigenvalue weighted by molar-refractivity contribution is 9.10. The van der Waals surface area contributed by atoms with Crippen molar-refractivity contribution in [2.45, 2.75) is 32.1 Å². The van der Waals surface area contributed by atoms with E-state index in [1.807, 2.05) is 24.3 Å². The van der Waals surface area contributed by atoms with Gasteiger partial charge in [0.2, 0.25) is 0 Å². The van der Waals surface area contributed by atoms with E-state index in [-0.39, 0.29) is 5.92 Å². The van der Waals surface area contributed by atoms with E-state index < -0.39 is 0 Å². The molecule has 98 valence electrons. The van der Waals surface area contributed by atoms with Crippen LogP contribution in [0.4, 0.5) is 0 Å². The van der Waals surface area contributed by atoms with Crippen LogP contribution in [-0.4, -0.2) is 12.3 Å². The van der Waals surface area contributed by atoms with Crippen molar-refractivity contribution < 1.29 is 4.79 Å². The monoisotopic (exact) mass is 309 g/mol. The van der Waals surface area contributed by atoms with Gasteiger partial charge in [-0.25, -0.2) is 0 Å². The minimum atomic E-state index is 0.183. The van der Waals surface area contributed by atoms with Crippen molar-refractivity contribution in [1.29, 1.82) is 0 Å². The highest BCUT2D eigenvalue weighted by Crippen LogP contribution is 2.31. The summed E-state index contributed by atoms with van der Waals surface area (Å²) in [5.41, 5.74) is 6.88. The third-order valence-electron chi connectivity index (χ3n) is 3.89. The van der Waals surface area contributed by atoms with Crippen LogP contribution in [0.1, 0.15) is 31.2 Å². The minimum absolute atomic E-state index is 0.183. The van der Waals surface area contributed by atoms with E-state index in [4.69, 9.17) is 5.73 Å². The topological polar surface area (TPSA) is 43.1 Å². The van der Waals surface area contributed by atoms with Gasteiger partial charge >= 0.3 is 0 Å². The van der Waals surface area contributed by atoms with Gasteiger partial charge in [0.15, 0.2) is 0 Å². The summed E-state index contributed by atoms with van der Waals surface area (Å²) in [6.45, 7) is 0.648. The largest absolute Gasteiger partial charge is 0.330 e. The van der Waals surface area contributed by atoms with E-state index in [0.717, 1.165) is 22.9 Å². The van der Waals surface area contributed by atoms with Crippen LogP contribution in [0, 0.1) is 11.8 Å².